The molecular formula is C14H27N3O2. The molecule has 0 spiro atoms. The Labute approximate surface area is 115 Å². The van der Waals surface area contributed by atoms with E-state index < -0.39 is 5.54 Å². The van der Waals surface area contributed by atoms with E-state index in [0.717, 1.165) is 45.3 Å². The van der Waals surface area contributed by atoms with Crippen LogP contribution in [0, 0.1) is 5.92 Å². The Morgan fingerprint density at radius 1 is 1.47 bits per heavy atom. The Balaban J connectivity index is 1.86. The highest BCUT2D eigenvalue weighted by Gasteiger charge is 2.44. The van der Waals surface area contributed by atoms with Gasteiger partial charge in [-0.25, -0.2) is 0 Å². The Morgan fingerprint density at radius 2 is 2.21 bits per heavy atom. The predicted octanol–water partition coefficient (Wildman–Crippen LogP) is 0.469. The molecule has 2 fully saturated rings. The van der Waals surface area contributed by atoms with Crippen LogP contribution in [0.5, 0.6) is 0 Å². The molecule has 4 atom stereocenters. The van der Waals surface area contributed by atoms with E-state index in [1.54, 1.807) is 0 Å². The lowest BCUT2D eigenvalue weighted by atomic mass is 9.85. The second-order valence-electron chi connectivity index (χ2n) is 6.19. The number of carbonyl (C=O) groups is 1. The SMILES string of the molecule is CC1OCCC1N(C)CCC1CCCC1(N)C(N)=O. The number of carbonyl (C=O) groups excluding carboxylic acids is 1. The summed E-state index contributed by atoms with van der Waals surface area (Å²) in [4.78, 5) is 13.9. The van der Waals surface area contributed by atoms with Crippen LogP contribution in [0.4, 0.5) is 0 Å². The van der Waals surface area contributed by atoms with E-state index in [4.69, 9.17) is 16.2 Å². The number of likely N-dealkylation sites (N-methyl/N-ethyl adjacent to an activating group) is 1. The fourth-order valence-electron chi connectivity index (χ4n) is 3.65. The lowest BCUT2D eigenvalue weighted by molar-refractivity contribution is -0.124. The zero-order valence-electron chi connectivity index (χ0n) is 12.1. The first kappa shape index (κ1) is 14.8. The van der Waals surface area contributed by atoms with Gasteiger partial charge in [-0.1, -0.05) is 6.42 Å². The first-order chi connectivity index (χ1) is 8.95. The molecule has 1 heterocycles. The third kappa shape index (κ3) is 2.93. The molecule has 5 nitrogen and oxygen atoms in total. The van der Waals surface area contributed by atoms with E-state index in [-0.39, 0.29) is 11.8 Å². The Kier molecular flexibility index (Phi) is 4.48. The van der Waals surface area contributed by atoms with E-state index in [0.29, 0.717) is 12.1 Å². The number of rotatable bonds is 5. The van der Waals surface area contributed by atoms with Gasteiger partial charge in [0.1, 0.15) is 0 Å². The number of hydrogen-bond acceptors (Lipinski definition) is 4. The highest BCUT2D eigenvalue weighted by atomic mass is 16.5. The topological polar surface area (TPSA) is 81.6 Å². The van der Waals surface area contributed by atoms with Crippen molar-refractivity contribution in [3.05, 3.63) is 0 Å². The molecule has 1 saturated heterocycles. The van der Waals surface area contributed by atoms with Crippen molar-refractivity contribution in [3.63, 3.8) is 0 Å². The van der Waals surface area contributed by atoms with Gasteiger partial charge in [-0.15, -0.1) is 0 Å². The molecule has 1 aliphatic heterocycles. The Hall–Kier alpha value is -0.650. The predicted molar refractivity (Wildman–Crippen MR) is 74.5 cm³/mol. The molecular weight excluding hydrogens is 242 g/mol. The van der Waals surface area contributed by atoms with Crippen LogP contribution in [-0.4, -0.2) is 48.7 Å². The minimum absolute atomic E-state index is 0.227. The summed E-state index contributed by atoms with van der Waals surface area (Å²) >= 11 is 0. The molecule has 0 bridgehead atoms. The minimum Gasteiger partial charge on any atom is -0.377 e. The standard InChI is InChI=1S/C14H27N3O2/c1-10-12(6-9-19-10)17(2)8-5-11-4-3-7-14(11,16)13(15)18/h10-12H,3-9,16H2,1-2H3,(H2,15,18). The summed E-state index contributed by atoms with van der Waals surface area (Å²) in [6, 6.07) is 0.488. The summed E-state index contributed by atoms with van der Waals surface area (Å²) in [5.41, 5.74) is 10.9. The lowest BCUT2D eigenvalue weighted by Crippen LogP contribution is -2.55. The van der Waals surface area contributed by atoms with Crippen molar-refractivity contribution in [2.75, 3.05) is 20.2 Å². The van der Waals surface area contributed by atoms with E-state index in [1.165, 1.54) is 0 Å². The van der Waals surface area contributed by atoms with Gasteiger partial charge >= 0.3 is 0 Å². The van der Waals surface area contributed by atoms with Crippen LogP contribution in [-0.2, 0) is 9.53 Å². The molecule has 19 heavy (non-hydrogen) atoms. The first-order valence-corrected chi connectivity index (χ1v) is 7.36. The van der Waals surface area contributed by atoms with Gasteiger partial charge in [-0.2, -0.15) is 0 Å². The molecule has 1 saturated carbocycles. The van der Waals surface area contributed by atoms with Crippen LogP contribution in [0.25, 0.3) is 0 Å². The molecule has 0 aromatic rings. The average Bonchev–Trinajstić information content (AvgIpc) is 2.93. The normalized spacial score (nSPS) is 39.1. The molecule has 4 unspecified atom stereocenters. The number of amides is 1. The van der Waals surface area contributed by atoms with Crippen molar-refractivity contribution in [2.45, 2.75) is 56.7 Å². The monoisotopic (exact) mass is 269 g/mol. The van der Waals surface area contributed by atoms with Crippen molar-refractivity contribution >= 4 is 5.91 Å². The lowest BCUT2D eigenvalue weighted by Gasteiger charge is -2.32. The number of primary amides is 1. The second-order valence-corrected chi connectivity index (χ2v) is 6.19. The molecule has 2 rings (SSSR count). The van der Waals surface area contributed by atoms with Gasteiger partial charge in [0, 0.05) is 12.6 Å². The van der Waals surface area contributed by atoms with Crippen LogP contribution in [0.3, 0.4) is 0 Å². The third-order valence-electron chi connectivity index (χ3n) is 5.06. The highest BCUT2D eigenvalue weighted by molar-refractivity contribution is 5.85. The maximum Gasteiger partial charge on any atom is 0.237 e. The van der Waals surface area contributed by atoms with E-state index in [9.17, 15) is 4.79 Å². The van der Waals surface area contributed by atoms with E-state index >= 15 is 0 Å². The molecule has 5 heteroatoms. The largest absolute Gasteiger partial charge is 0.377 e. The Morgan fingerprint density at radius 3 is 2.79 bits per heavy atom. The van der Waals surface area contributed by atoms with Gasteiger partial charge in [0.15, 0.2) is 0 Å². The van der Waals surface area contributed by atoms with Crippen molar-refractivity contribution in [1.82, 2.24) is 4.90 Å². The highest BCUT2D eigenvalue weighted by Crippen LogP contribution is 2.36. The fraction of sp³-hybridized carbons (Fsp3) is 0.929. The van der Waals surface area contributed by atoms with Crippen LogP contribution >= 0.6 is 0 Å². The van der Waals surface area contributed by atoms with E-state index in [2.05, 4.69) is 18.9 Å². The average molecular weight is 269 g/mol. The molecule has 110 valence electrons. The summed E-state index contributed by atoms with van der Waals surface area (Å²) in [6.45, 7) is 3.93. The van der Waals surface area contributed by atoms with Crippen molar-refractivity contribution in [1.29, 1.82) is 0 Å². The van der Waals surface area contributed by atoms with Crippen LogP contribution in [0.1, 0.15) is 39.0 Å². The summed E-state index contributed by atoms with van der Waals surface area (Å²) in [7, 11) is 2.13. The summed E-state index contributed by atoms with van der Waals surface area (Å²) < 4.78 is 5.60. The number of hydrogen-bond donors (Lipinski definition) is 2. The summed E-state index contributed by atoms with van der Waals surface area (Å²) in [5.74, 6) is -0.111. The van der Waals surface area contributed by atoms with Gasteiger partial charge in [-0.05, 0) is 52.1 Å². The minimum atomic E-state index is -0.779. The van der Waals surface area contributed by atoms with Crippen LogP contribution in [0.2, 0.25) is 0 Å². The maximum absolute atomic E-state index is 11.6. The zero-order chi connectivity index (χ0) is 14.0. The smallest absolute Gasteiger partial charge is 0.237 e. The molecule has 4 N–H and O–H groups in total. The summed E-state index contributed by atoms with van der Waals surface area (Å²) in [5, 5.41) is 0. The van der Waals surface area contributed by atoms with Crippen molar-refractivity contribution < 1.29 is 9.53 Å². The number of nitrogens with zero attached hydrogens (tertiary/aromatic N) is 1. The second kappa shape index (κ2) is 5.77. The van der Waals surface area contributed by atoms with Crippen LogP contribution < -0.4 is 11.5 Å². The summed E-state index contributed by atoms with van der Waals surface area (Å²) in [6.07, 6.45) is 5.10. The molecule has 0 aromatic heterocycles. The van der Waals surface area contributed by atoms with Gasteiger partial charge in [-0.3, -0.25) is 4.79 Å². The van der Waals surface area contributed by atoms with E-state index in [1.807, 2.05) is 0 Å². The van der Waals surface area contributed by atoms with Gasteiger partial charge < -0.3 is 21.1 Å². The van der Waals surface area contributed by atoms with Gasteiger partial charge in [0.2, 0.25) is 5.91 Å². The Bertz CT molecular complexity index is 337. The fourth-order valence-corrected chi connectivity index (χ4v) is 3.65. The molecule has 1 aliphatic carbocycles. The number of ether oxygens (including phenoxy) is 1. The molecule has 0 radical (unpaired) electrons. The first-order valence-electron chi connectivity index (χ1n) is 7.36. The third-order valence-corrected chi connectivity index (χ3v) is 5.06. The zero-order valence-corrected chi connectivity index (χ0v) is 12.1. The number of nitrogens with two attached hydrogens (primary N) is 2. The van der Waals surface area contributed by atoms with Gasteiger partial charge in [0.05, 0.1) is 11.6 Å². The quantitative estimate of drug-likeness (QED) is 0.760. The van der Waals surface area contributed by atoms with Crippen molar-refractivity contribution in [3.8, 4) is 0 Å². The molecule has 1 amide bonds. The van der Waals surface area contributed by atoms with Crippen molar-refractivity contribution in [2.24, 2.45) is 17.4 Å². The molecule has 0 aromatic carbocycles. The van der Waals surface area contributed by atoms with Gasteiger partial charge in [0.25, 0.3) is 0 Å². The van der Waals surface area contributed by atoms with Crippen LogP contribution in [0.15, 0.2) is 0 Å². The molecule has 2 aliphatic rings. The maximum atomic E-state index is 11.6.